The van der Waals surface area contributed by atoms with Crippen LogP contribution in [0.2, 0.25) is 0 Å². The third-order valence-corrected chi connectivity index (χ3v) is 4.66. The minimum Gasteiger partial charge on any atom is -0.371 e. The van der Waals surface area contributed by atoms with Crippen LogP contribution in [0.3, 0.4) is 0 Å². The SMILES string of the molecule is C[C@H]1OC/C(=C\c2cccc(C(F)(F)F)n2)[C@H]2OC(c3ccccc3)O[C@H]21. The highest BCUT2D eigenvalue weighted by Crippen LogP contribution is 2.39. The van der Waals surface area contributed by atoms with Gasteiger partial charge in [0.25, 0.3) is 0 Å². The normalized spacial score (nSPS) is 29.7. The van der Waals surface area contributed by atoms with E-state index in [1.165, 1.54) is 12.1 Å². The van der Waals surface area contributed by atoms with E-state index in [1.54, 1.807) is 6.08 Å². The molecule has 1 unspecified atom stereocenters. The number of aromatic nitrogens is 1. The standard InChI is InChI=1S/C20H18F3NO3/c1-12-17-18(27-19(26-17)13-6-3-2-4-7-13)14(11-25-12)10-15-8-5-9-16(24-15)20(21,22)23/h2-10,12,17-19H,11H2,1H3/b14-10+/t12-,17+,18-,19?/m1/s1. The highest BCUT2D eigenvalue weighted by atomic mass is 19.4. The molecule has 4 rings (SSSR count). The van der Waals surface area contributed by atoms with Crippen LogP contribution in [-0.4, -0.2) is 29.9 Å². The first kappa shape index (κ1) is 18.2. The first-order chi connectivity index (χ1) is 12.9. The molecular weight excluding hydrogens is 359 g/mol. The minimum absolute atomic E-state index is 0.185. The number of rotatable bonds is 2. The molecule has 0 amide bonds. The van der Waals surface area contributed by atoms with Gasteiger partial charge in [-0.25, -0.2) is 4.98 Å². The maximum absolute atomic E-state index is 12.9. The second-order valence-corrected chi connectivity index (χ2v) is 6.58. The lowest BCUT2D eigenvalue weighted by atomic mass is 9.97. The van der Waals surface area contributed by atoms with Crippen molar-refractivity contribution in [2.75, 3.05) is 6.61 Å². The van der Waals surface area contributed by atoms with Crippen LogP contribution < -0.4 is 0 Å². The lowest BCUT2D eigenvalue weighted by molar-refractivity contribution is -0.141. The lowest BCUT2D eigenvalue weighted by Crippen LogP contribution is -2.42. The summed E-state index contributed by atoms with van der Waals surface area (Å²) in [4.78, 5) is 3.70. The van der Waals surface area contributed by atoms with E-state index in [9.17, 15) is 13.2 Å². The fourth-order valence-electron chi connectivity index (χ4n) is 3.29. The maximum atomic E-state index is 12.9. The van der Waals surface area contributed by atoms with Crippen LogP contribution in [0, 0.1) is 0 Å². The Morgan fingerprint density at radius 2 is 1.81 bits per heavy atom. The third-order valence-electron chi connectivity index (χ3n) is 4.66. The van der Waals surface area contributed by atoms with Gasteiger partial charge in [0.2, 0.25) is 0 Å². The Kier molecular flexibility index (Phi) is 4.75. The number of pyridine rings is 1. The fourth-order valence-corrected chi connectivity index (χ4v) is 3.29. The van der Waals surface area contributed by atoms with Crippen molar-refractivity contribution in [3.8, 4) is 0 Å². The summed E-state index contributed by atoms with van der Waals surface area (Å²) in [6, 6.07) is 13.3. The maximum Gasteiger partial charge on any atom is 0.433 e. The highest BCUT2D eigenvalue weighted by molar-refractivity contribution is 5.52. The molecule has 4 atom stereocenters. The molecule has 142 valence electrons. The molecule has 1 aromatic heterocycles. The molecule has 0 N–H and O–H groups in total. The molecular formula is C20H18F3NO3. The van der Waals surface area contributed by atoms with E-state index in [0.717, 1.165) is 11.6 Å². The van der Waals surface area contributed by atoms with E-state index >= 15 is 0 Å². The Morgan fingerprint density at radius 3 is 2.56 bits per heavy atom. The topological polar surface area (TPSA) is 40.6 Å². The predicted molar refractivity (Wildman–Crippen MR) is 91.6 cm³/mol. The molecule has 2 aliphatic heterocycles. The van der Waals surface area contributed by atoms with Crippen molar-refractivity contribution in [1.82, 2.24) is 4.98 Å². The number of alkyl halides is 3. The first-order valence-electron chi connectivity index (χ1n) is 8.64. The van der Waals surface area contributed by atoms with Crippen molar-refractivity contribution in [3.05, 3.63) is 71.1 Å². The number of nitrogens with zero attached hydrogens (tertiary/aromatic N) is 1. The number of benzene rings is 1. The van der Waals surface area contributed by atoms with Gasteiger partial charge in [-0.15, -0.1) is 0 Å². The molecule has 2 aliphatic rings. The molecule has 7 heteroatoms. The van der Waals surface area contributed by atoms with Crippen LogP contribution in [0.5, 0.6) is 0 Å². The summed E-state index contributed by atoms with van der Waals surface area (Å²) in [6.45, 7) is 2.15. The summed E-state index contributed by atoms with van der Waals surface area (Å²) < 4.78 is 56.5. The van der Waals surface area contributed by atoms with Gasteiger partial charge >= 0.3 is 6.18 Å². The third kappa shape index (κ3) is 3.76. The van der Waals surface area contributed by atoms with Crippen LogP contribution >= 0.6 is 0 Å². The summed E-state index contributed by atoms with van der Waals surface area (Å²) in [5.74, 6) is 0. The van der Waals surface area contributed by atoms with Crippen molar-refractivity contribution in [1.29, 1.82) is 0 Å². The van der Waals surface area contributed by atoms with Crippen LogP contribution in [0.4, 0.5) is 13.2 Å². The predicted octanol–water partition coefficient (Wildman–Crippen LogP) is 4.39. The fraction of sp³-hybridized carbons (Fsp3) is 0.350. The second kappa shape index (κ2) is 7.07. The van der Waals surface area contributed by atoms with E-state index in [2.05, 4.69) is 4.98 Å². The Labute approximate surface area is 154 Å². The molecule has 1 aromatic carbocycles. The number of halogens is 3. The van der Waals surface area contributed by atoms with Gasteiger partial charge in [-0.3, -0.25) is 0 Å². The molecule has 0 aliphatic carbocycles. The molecule has 0 spiro atoms. The first-order valence-corrected chi connectivity index (χ1v) is 8.64. The van der Waals surface area contributed by atoms with Crippen LogP contribution in [-0.2, 0) is 20.4 Å². The monoisotopic (exact) mass is 377 g/mol. The van der Waals surface area contributed by atoms with Gasteiger partial charge in [-0.1, -0.05) is 36.4 Å². The summed E-state index contributed by atoms with van der Waals surface area (Å²) in [6.07, 6.45) is -4.34. The Hall–Kier alpha value is -2.22. The summed E-state index contributed by atoms with van der Waals surface area (Å²) in [5.41, 5.74) is 0.881. The number of fused-ring (bicyclic) bond motifs is 1. The zero-order chi connectivity index (χ0) is 19.0. The van der Waals surface area contributed by atoms with E-state index < -0.39 is 24.3 Å². The summed E-state index contributed by atoms with van der Waals surface area (Å²) in [7, 11) is 0. The summed E-state index contributed by atoms with van der Waals surface area (Å²) in [5, 5.41) is 0. The van der Waals surface area contributed by atoms with Crippen molar-refractivity contribution < 1.29 is 27.4 Å². The van der Waals surface area contributed by atoms with Gasteiger partial charge < -0.3 is 14.2 Å². The Morgan fingerprint density at radius 1 is 1.04 bits per heavy atom. The van der Waals surface area contributed by atoms with Crippen LogP contribution in [0.25, 0.3) is 6.08 Å². The molecule has 27 heavy (non-hydrogen) atoms. The smallest absolute Gasteiger partial charge is 0.371 e. The Balaban J connectivity index is 1.61. The molecule has 3 heterocycles. The number of ether oxygens (including phenoxy) is 3. The van der Waals surface area contributed by atoms with E-state index in [0.29, 0.717) is 5.57 Å². The number of hydrogen-bond acceptors (Lipinski definition) is 4. The van der Waals surface area contributed by atoms with Crippen LogP contribution in [0.1, 0.15) is 30.2 Å². The number of hydrogen-bond donors (Lipinski definition) is 0. The van der Waals surface area contributed by atoms with Crippen molar-refractivity contribution in [2.24, 2.45) is 0 Å². The minimum atomic E-state index is -4.49. The molecule has 4 nitrogen and oxygen atoms in total. The van der Waals surface area contributed by atoms with E-state index in [1.807, 2.05) is 37.3 Å². The van der Waals surface area contributed by atoms with Crippen molar-refractivity contribution in [2.45, 2.75) is 37.7 Å². The molecule has 2 fully saturated rings. The van der Waals surface area contributed by atoms with Gasteiger partial charge in [0.15, 0.2) is 6.29 Å². The quantitative estimate of drug-likeness (QED) is 0.779. The van der Waals surface area contributed by atoms with Gasteiger partial charge in [-0.2, -0.15) is 13.2 Å². The van der Waals surface area contributed by atoms with E-state index in [-0.39, 0.29) is 24.5 Å². The largest absolute Gasteiger partial charge is 0.433 e. The van der Waals surface area contributed by atoms with Gasteiger partial charge in [0, 0.05) is 5.56 Å². The molecule has 2 saturated heterocycles. The lowest BCUT2D eigenvalue weighted by Gasteiger charge is -2.31. The second-order valence-electron chi connectivity index (χ2n) is 6.58. The zero-order valence-electron chi connectivity index (χ0n) is 14.5. The molecule has 0 radical (unpaired) electrons. The Bertz CT molecular complexity index is 838. The van der Waals surface area contributed by atoms with Gasteiger partial charge in [-0.05, 0) is 30.7 Å². The summed E-state index contributed by atoms with van der Waals surface area (Å²) >= 11 is 0. The van der Waals surface area contributed by atoms with Crippen molar-refractivity contribution in [3.63, 3.8) is 0 Å². The molecule has 2 aromatic rings. The average Bonchev–Trinajstić information content (AvgIpc) is 3.11. The van der Waals surface area contributed by atoms with Crippen molar-refractivity contribution >= 4 is 6.08 Å². The zero-order valence-corrected chi connectivity index (χ0v) is 14.5. The average molecular weight is 377 g/mol. The van der Waals surface area contributed by atoms with E-state index in [4.69, 9.17) is 14.2 Å². The van der Waals surface area contributed by atoms with Gasteiger partial charge in [0.05, 0.1) is 18.4 Å². The highest BCUT2D eigenvalue weighted by Gasteiger charge is 2.45. The molecule has 0 bridgehead atoms. The van der Waals surface area contributed by atoms with Gasteiger partial charge in [0.1, 0.15) is 17.9 Å². The van der Waals surface area contributed by atoms with Crippen LogP contribution in [0.15, 0.2) is 54.1 Å². The molecule has 0 saturated carbocycles.